The minimum absolute atomic E-state index is 0.0123. The quantitative estimate of drug-likeness (QED) is 0.514. The first-order valence-electron chi connectivity index (χ1n) is 13.4. The lowest BCUT2D eigenvalue weighted by atomic mass is 9.77. The lowest BCUT2D eigenvalue weighted by molar-refractivity contribution is -0.130. The molecule has 1 saturated carbocycles. The van der Waals surface area contributed by atoms with Crippen LogP contribution >= 0.6 is 0 Å². The van der Waals surface area contributed by atoms with Crippen LogP contribution in [0.5, 0.6) is 23.0 Å². The fraction of sp³-hybridized carbons (Fsp3) is 0.533. The van der Waals surface area contributed by atoms with E-state index in [0.717, 1.165) is 18.4 Å². The van der Waals surface area contributed by atoms with Gasteiger partial charge in [0.05, 0.1) is 46.1 Å². The third-order valence-corrected chi connectivity index (χ3v) is 8.35. The lowest BCUT2D eigenvalue weighted by Gasteiger charge is -2.42. The number of hydrogen-bond acceptors (Lipinski definition) is 6. The zero-order chi connectivity index (χ0) is 27.4. The van der Waals surface area contributed by atoms with Crippen molar-refractivity contribution in [2.75, 3.05) is 33.3 Å². The van der Waals surface area contributed by atoms with Gasteiger partial charge in [-0.1, -0.05) is 38.8 Å². The predicted molar refractivity (Wildman–Crippen MR) is 146 cm³/mol. The molecule has 1 heterocycles. The third kappa shape index (κ3) is 5.40. The summed E-state index contributed by atoms with van der Waals surface area (Å²) in [4.78, 5) is 29.2. The molecule has 1 aliphatic heterocycles. The number of ether oxygens (including phenoxy) is 4. The Kier molecular flexibility index (Phi) is 8.69. The molecule has 0 aromatic heterocycles. The Hall–Kier alpha value is -3.42. The van der Waals surface area contributed by atoms with E-state index in [-0.39, 0.29) is 24.3 Å². The Bertz CT molecular complexity index is 1110. The number of amides is 2. The van der Waals surface area contributed by atoms with E-state index in [1.807, 2.05) is 24.3 Å². The molecule has 2 amide bonds. The molecule has 1 saturated heterocycles. The molecule has 0 spiro atoms. The highest BCUT2D eigenvalue weighted by Crippen LogP contribution is 2.46. The third-order valence-electron chi connectivity index (χ3n) is 8.35. The summed E-state index contributed by atoms with van der Waals surface area (Å²) in [5, 5.41) is 3.37. The number of piperidine rings is 1. The highest BCUT2D eigenvalue weighted by atomic mass is 16.5. The van der Waals surface area contributed by atoms with Gasteiger partial charge in [0.15, 0.2) is 11.5 Å². The Morgan fingerprint density at radius 3 is 2.13 bits per heavy atom. The number of carbonyl (C=O) groups excluding carboxylic acids is 2. The van der Waals surface area contributed by atoms with Crippen molar-refractivity contribution < 1.29 is 28.5 Å². The normalized spacial score (nSPS) is 25.5. The van der Waals surface area contributed by atoms with E-state index >= 15 is 0 Å². The molecule has 1 N–H and O–H groups in total. The van der Waals surface area contributed by atoms with Crippen LogP contribution < -0.4 is 29.2 Å². The first-order chi connectivity index (χ1) is 18.3. The minimum atomic E-state index is -0.513. The number of rotatable bonds is 8. The molecule has 38 heavy (non-hydrogen) atoms. The summed E-state index contributed by atoms with van der Waals surface area (Å²) in [6, 6.07) is 10.7. The van der Waals surface area contributed by atoms with Crippen molar-refractivity contribution in [1.82, 2.24) is 5.32 Å². The maximum absolute atomic E-state index is 13.9. The van der Waals surface area contributed by atoms with Gasteiger partial charge in [0.25, 0.3) is 0 Å². The van der Waals surface area contributed by atoms with Crippen molar-refractivity contribution in [3.8, 4) is 23.0 Å². The van der Waals surface area contributed by atoms with Crippen LogP contribution in [0.3, 0.4) is 0 Å². The van der Waals surface area contributed by atoms with Crippen molar-refractivity contribution in [1.29, 1.82) is 0 Å². The summed E-state index contributed by atoms with van der Waals surface area (Å²) in [7, 11) is 6.24. The molecule has 0 unspecified atom stereocenters. The van der Waals surface area contributed by atoms with Crippen molar-refractivity contribution >= 4 is 17.5 Å². The molecule has 0 bridgehead atoms. The van der Waals surface area contributed by atoms with Gasteiger partial charge in [0, 0.05) is 24.6 Å². The molecule has 5 atom stereocenters. The average Bonchev–Trinajstić information content (AvgIpc) is 2.94. The topological polar surface area (TPSA) is 86.3 Å². The predicted octanol–water partition coefficient (Wildman–Crippen LogP) is 5.15. The lowest BCUT2D eigenvalue weighted by Crippen LogP contribution is -2.52. The molecule has 4 rings (SSSR count). The zero-order valence-corrected chi connectivity index (χ0v) is 23.3. The van der Waals surface area contributed by atoms with Crippen LogP contribution in [0.2, 0.25) is 0 Å². The number of nitrogens with zero attached hydrogens (tertiary/aromatic N) is 1. The molecule has 206 valence electrons. The van der Waals surface area contributed by atoms with Gasteiger partial charge in [-0.3, -0.25) is 9.59 Å². The maximum atomic E-state index is 13.9. The van der Waals surface area contributed by atoms with E-state index in [1.165, 1.54) is 6.42 Å². The van der Waals surface area contributed by atoms with Crippen LogP contribution in [0.25, 0.3) is 0 Å². The molecule has 2 aliphatic rings. The summed E-state index contributed by atoms with van der Waals surface area (Å²) in [6.45, 7) is 4.48. The smallest absolute Gasteiger partial charge is 0.227 e. The van der Waals surface area contributed by atoms with Gasteiger partial charge in [0.1, 0.15) is 5.75 Å². The largest absolute Gasteiger partial charge is 0.497 e. The van der Waals surface area contributed by atoms with Crippen LogP contribution in [0.4, 0.5) is 5.69 Å². The highest BCUT2D eigenvalue weighted by molar-refractivity contribution is 5.98. The van der Waals surface area contributed by atoms with Gasteiger partial charge >= 0.3 is 0 Å². The van der Waals surface area contributed by atoms with E-state index in [2.05, 4.69) is 19.2 Å². The van der Waals surface area contributed by atoms with Crippen molar-refractivity contribution in [2.45, 2.75) is 58.0 Å². The van der Waals surface area contributed by atoms with Crippen molar-refractivity contribution in [3.63, 3.8) is 0 Å². The number of hydrogen-bond donors (Lipinski definition) is 1. The van der Waals surface area contributed by atoms with Crippen LogP contribution in [0, 0.1) is 17.8 Å². The van der Waals surface area contributed by atoms with E-state index in [1.54, 1.807) is 45.5 Å². The maximum Gasteiger partial charge on any atom is 0.227 e. The summed E-state index contributed by atoms with van der Waals surface area (Å²) >= 11 is 0. The second-order valence-electron chi connectivity index (χ2n) is 10.4. The first-order valence-corrected chi connectivity index (χ1v) is 13.4. The Labute approximate surface area is 225 Å². The standard InChI is InChI=1S/C30H40N2O6/c1-18-8-7-9-24(19(18)2)31-30(34)23-14-15-27(33)32(28(23)20-10-12-22(35-3)13-11-20)21-16-25(36-4)29(38-6)26(17-21)37-5/h10-13,16-19,23-24,28H,7-9,14-15H2,1-6H3,(H,31,34)/t18-,19+,23+,24+,28+/m0/s1. The Morgan fingerprint density at radius 2 is 1.55 bits per heavy atom. The summed E-state index contributed by atoms with van der Waals surface area (Å²) in [5.41, 5.74) is 1.44. The SMILES string of the molecule is COc1ccc([C@@H]2[C@H](C(=O)N[C@@H]3CCC[C@H](C)[C@H]3C)CCC(=O)N2c2cc(OC)c(OC)c(OC)c2)cc1. The van der Waals surface area contributed by atoms with Gasteiger partial charge in [-0.15, -0.1) is 0 Å². The molecule has 8 heteroatoms. The van der Waals surface area contributed by atoms with E-state index < -0.39 is 12.0 Å². The average molecular weight is 525 g/mol. The molecular weight excluding hydrogens is 484 g/mol. The van der Waals surface area contributed by atoms with Gasteiger partial charge in [-0.25, -0.2) is 0 Å². The number of nitrogens with one attached hydrogen (secondary N) is 1. The summed E-state index contributed by atoms with van der Waals surface area (Å²) in [5.74, 6) is 2.51. The van der Waals surface area contributed by atoms with Gasteiger partial charge < -0.3 is 29.2 Å². The zero-order valence-electron chi connectivity index (χ0n) is 23.3. The van der Waals surface area contributed by atoms with E-state index in [9.17, 15) is 9.59 Å². The molecule has 8 nitrogen and oxygen atoms in total. The number of benzene rings is 2. The molecule has 2 aromatic rings. The number of anilines is 1. The van der Waals surface area contributed by atoms with Gasteiger partial charge in [-0.05, 0) is 42.4 Å². The second-order valence-corrected chi connectivity index (χ2v) is 10.4. The second kappa shape index (κ2) is 12.0. The molecule has 1 aliphatic carbocycles. The van der Waals surface area contributed by atoms with Gasteiger partial charge in [0.2, 0.25) is 17.6 Å². The van der Waals surface area contributed by atoms with Crippen LogP contribution in [-0.4, -0.2) is 46.3 Å². The molecule has 2 aromatic carbocycles. The van der Waals surface area contributed by atoms with Crippen molar-refractivity contribution in [3.05, 3.63) is 42.0 Å². The minimum Gasteiger partial charge on any atom is -0.497 e. The van der Waals surface area contributed by atoms with Crippen molar-refractivity contribution in [2.24, 2.45) is 17.8 Å². The highest BCUT2D eigenvalue weighted by Gasteiger charge is 2.43. The van der Waals surface area contributed by atoms with Gasteiger partial charge in [-0.2, -0.15) is 0 Å². The fourth-order valence-electron chi connectivity index (χ4n) is 5.94. The monoisotopic (exact) mass is 524 g/mol. The van der Waals surface area contributed by atoms with Crippen LogP contribution in [0.15, 0.2) is 36.4 Å². The fourth-order valence-corrected chi connectivity index (χ4v) is 5.94. The molecule has 0 radical (unpaired) electrons. The van der Waals surface area contributed by atoms with Crippen LogP contribution in [0.1, 0.15) is 57.6 Å². The molecule has 2 fully saturated rings. The molecular formula is C30H40N2O6. The summed E-state index contributed by atoms with van der Waals surface area (Å²) < 4.78 is 22.0. The van der Waals surface area contributed by atoms with E-state index in [0.29, 0.717) is 46.9 Å². The summed E-state index contributed by atoms with van der Waals surface area (Å²) in [6.07, 6.45) is 4.01. The first kappa shape index (κ1) is 27.6. The Balaban J connectivity index is 1.77. The van der Waals surface area contributed by atoms with E-state index in [4.69, 9.17) is 18.9 Å². The Morgan fingerprint density at radius 1 is 0.895 bits per heavy atom. The number of methoxy groups -OCH3 is 4. The van der Waals surface area contributed by atoms with Crippen LogP contribution in [-0.2, 0) is 9.59 Å². The number of carbonyl (C=O) groups is 2.